The van der Waals surface area contributed by atoms with Crippen LogP contribution >= 0.6 is 0 Å². The third kappa shape index (κ3) is 11.4. The number of benzene rings is 3. The summed E-state index contributed by atoms with van der Waals surface area (Å²) in [7, 11) is 1.50. The van der Waals surface area contributed by atoms with Crippen LogP contribution in [0.15, 0.2) is 84.9 Å². The first-order valence-electron chi connectivity index (χ1n) is 17.3. The quantitative estimate of drug-likeness (QED) is 0.271. The second-order valence-corrected chi connectivity index (χ2v) is 12.7. The van der Waals surface area contributed by atoms with Crippen LogP contribution in [0.3, 0.4) is 0 Å². The van der Waals surface area contributed by atoms with Crippen LogP contribution in [0.25, 0.3) is 0 Å². The maximum atomic E-state index is 13.8. The Kier molecular flexibility index (Phi) is 13.5. The van der Waals surface area contributed by atoms with E-state index in [1.165, 1.54) is 11.9 Å². The van der Waals surface area contributed by atoms with Crippen molar-refractivity contribution in [1.82, 2.24) is 31.1 Å². The summed E-state index contributed by atoms with van der Waals surface area (Å²) >= 11 is 0. The first kappa shape index (κ1) is 37.0. The Bertz CT molecular complexity index is 1630. The maximum absolute atomic E-state index is 13.8. The molecular formula is C38H46N6O7. The van der Waals surface area contributed by atoms with E-state index in [1.807, 2.05) is 60.7 Å². The zero-order valence-corrected chi connectivity index (χ0v) is 28.8. The molecule has 1 fully saturated rings. The van der Waals surface area contributed by atoms with Crippen molar-refractivity contribution < 1.29 is 33.4 Å². The highest BCUT2D eigenvalue weighted by Crippen LogP contribution is 2.19. The van der Waals surface area contributed by atoms with Crippen LogP contribution in [0, 0.1) is 0 Å². The molecule has 1 saturated heterocycles. The number of ether oxygens (including phenoxy) is 2. The number of nitrogens with zero attached hydrogens (tertiary/aromatic N) is 2. The molecule has 4 N–H and O–H groups in total. The fourth-order valence-electron chi connectivity index (χ4n) is 6.07. The Morgan fingerprint density at radius 3 is 2.16 bits per heavy atom. The summed E-state index contributed by atoms with van der Waals surface area (Å²) < 4.78 is 11.5. The van der Waals surface area contributed by atoms with E-state index in [1.54, 1.807) is 24.3 Å². The Morgan fingerprint density at radius 1 is 0.804 bits per heavy atom. The smallest absolute Gasteiger partial charge is 0.255 e. The highest BCUT2D eigenvalue weighted by molar-refractivity contribution is 6.01. The first-order valence-corrected chi connectivity index (χ1v) is 17.3. The average Bonchev–Trinajstić information content (AvgIpc) is 3.14. The molecule has 13 nitrogen and oxygen atoms in total. The van der Waals surface area contributed by atoms with E-state index >= 15 is 0 Å². The summed E-state index contributed by atoms with van der Waals surface area (Å²) in [6.07, 6.45) is 0.149. The van der Waals surface area contributed by atoms with Gasteiger partial charge in [-0.3, -0.25) is 28.9 Å². The molecule has 13 heteroatoms. The summed E-state index contributed by atoms with van der Waals surface area (Å²) in [5, 5.41) is 11.4. The molecular weight excluding hydrogens is 652 g/mol. The lowest BCUT2D eigenvalue weighted by atomic mass is 10.0. The van der Waals surface area contributed by atoms with Gasteiger partial charge in [-0.05, 0) is 29.7 Å². The molecule has 51 heavy (non-hydrogen) atoms. The minimum absolute atomic E-state index is 0.0186. The molecule has 0 saturated carbocycles. The number of rotatable bonds is 8. The molecule has 2 aliphatic rings. The number of carbonyl (C=O) groups is 5. The largest absolute Gasteiger partial charge is 0.491 e. The third-order valence-electron chi connectivity index (χ3n) is 8.78. The topological polar surface area (TPSA) is 158 Å². The number of hydrogen-bond acceptors (Lipinski definition) is 8. The van der Waals surface area contributed by atoms with Crippen LogP contribution in [0.1, 0.15) is 27.9 Å². The summed E-state index contributed by atoms with van der Waals surface area (Å²) in [5.41, 5.74) is 1.91. The van der Waals surface area contributed by atoms with Crippen LogP contribution in [-0.4, -0.2) is 117 Å². The molecule has 270 valence electrons. The summed E-state index contributed by atoms with van der Waals surface area (Å²) in [4.78, 5) is 71.5. The van der Waals surface area contributed by atoms with E-state index in [0.29, 0.717) is 32.7 Å². The van der Waals surface area contributed by atoms with Gasteiger partial charge in [0.1, 0.15) is 24.4 Å². The van der Waals surface area contributed by atoms with Gasteiger partial charge in [-0.2, -0.15) is 0 Å². The Balaban J connectivity index is 1.42. The number of hydrogen-bond donors (Lipinski definition) is 4. The van der Waals surface area contributed by atoms with Crippen molar-refractivity contribution in [3.05, 3.63) is 102 Å². The van der Waals surface area contributed by atoms with Gasteiger partial charge in [-0.25, -0.2) is 0 Å². The molecule has 3 aromatic rings. The van der Waals surface area contributed by atoms with Gasteiger partial charge in [0.2, 0.25) is 23.6 Å². The lowest BCUT2D eigenvalue weighted by molar-refractivity contribution is -0.138. The van der Waals surface area contributed by atoms with E-state index in [0.717, 1.165) is 24.2 Å². The maximum Gasteiger partial charge on any atom is 0.255 e. The number of nitrogens with one attached hydrogen (secondary N) is 4. The molecule has 0 radical (unpaired) electrons. The monoisotopic (exact) mass is 698 g/mol. The number of fused-ring (bicyclic) bond motifs is 1. The van der Waals surface area contributed by atoms with E-state index in [9.17, 15) is 24.0 Å². The summed E-state index contributed by atoms with van der Waals surface area (Å²) in [6.45, 7) is 3.35. The van der Waals surface area contributed by atoms with Gasteiger partial charge in [0.25, 0.3) is 5.91 Å². The fraction of sp³-hybridized carbons (Fsp3) is 0.395. The second kappa shape index (κ2) is 18.6. The van der Waals surface area contributed by atoms with Gasteiger partial charge in [0.15, 0.2) is 0 Å². The zero-order valence-electron chi connectivity index (χ0n) is 28.8. The molecule has 3 aromatic carbocycles. The lowest BCUT2D eigenvalue weighted by Crippen LogP contribution is -2.54. The number of morpholine rings is 1. The number of para-hydroxylation sites is 1. The van der Waals surface area contributed by atoms with Crippen molar-refractivity contribution in [2.45, 2.75) is 37.4 Å². The van der Waals surface area contributed by atoms with Crippen molar-refractivity contribution in [1.29, 1.82) is 0 Å². The van der Waals surface area contributed by atoms with Crippen LogP contribution in [0.4, 0.5) is 0 Å². The van der Waals surface area contributed by atoms with Gasteiger partial charge in [0.05, 0.1) is 37.8 Å². The average molecular weight is 699 g/mol. The molecule has 0 bridgehead atoms. The third-order valence-corrected chi connectivity index (χ3v) is 8.78. The lowest BCUT2D eigenvalue weighted by Gasteiger charge is -2.27. The van der Waals surface area contributed by atoms with Crippen molar-refractivity contribution in [2.75, 3.05) is 59.6 Å². The normalized spacial score (nSPS) is 21.3. The van der Waals surface area contributed by atoms with Crippen LogP contribution in [0.2, 0.25) is 0 Å². The van der Waals surface area contributed by atoms with E-state index < -0.39 is 54.1 Å². The van der Waals surface area contributed by atoms with Crippen molar-refractivity contribution in [2.24, 2.45) is 0 Å². The fourth-order valence-corrected chi connectivity index (χ4v) is 6.07. The molecule has 0 aliphatic carbocycles. The van der Waals surface area contributed by atoms with Crippen molar-refractivity contribution in [3.63, 3.8) is 0 Å². The highest BCUT2D eigenvalue weighted by Gasteiger charge is 2.31. The minimum atomic E-state index is -1.26. The van der Waals surface area contributed by atoms with Crippen LogP contribution < -0.4 is 26.0 Å². The zero-order chi connectivity index (χ0) is 36.0. The van der Waals surface area contributed by atoms with E-state index in [-0.39, 0.29) is 30.9 Å². The standard InChI is InChI=1S/C38H46N6O7/c1-43-25-35(46)40-29(22-27-10-4-2-5-11-27)26-51-33-15-9-8-14-30(33)36(47)42-31(37(48)39-16-17-44-18-20-50-21-19-44)24-34(45)41-32(38(43)49)23-28-12-6-3-7-13-28/h2-15,29,31-32H,16-26H2,1H3,(H,39,48)(H,40,46)(H,41,45)(H,42,47)/t29-,31+,32+/m1/s1. The van der Waals surface area contributed by atoms with Gasteiger partial charge < -0.3 is 35.6 Å². The Labute approximate surface area is 298 Å². The van der Waals surface area contributed by atoms with Gasteiger partial charge in [0, 0.05) is 39.6 Å². The Morgan fingerprint density at radius 2 is 1.45 bits per heavy atom. The molecule has 0 spiro atoms. The van der Waals surface area contributed by atoms with Crippen LogP contribution in [-0.2, 0) is 36.8 Å². The number of amides is 5. The summed E-state index contributed by atoms with van der Waals surface area (Å²) in [5.74, 6) is -2.42. The molecule has 0 unspecified atom stereocenters. The minimum Gasteiger partial charge on any atom is -0.491 e. The van der Waals surface area contributed by atoms with Gasteiger partial charge in [-0.1, -0.05) is 72.8 Å². The highest BCUT2D eigenvalue weighted by atomic mass is 16.5. The number of likely N-dealkylation sites (N-methyl/N-ethyl adjacent to an activating group) is 1. The number of carbonyl (C=O) groups excluding carboxylic acids is 5. The molecule has 5 rings (SSSR count). The first-order chi connectivity index (χ1) is 24.7. The van der Waals surface area contributed by atoms with E-state index in [2.05, 4.69) is 26.2 Å². The predicted octanol–water partition coefficient (Wildman–Crippen LogP) is 0.929. The Hall–Kier alpha value is -5.27. The predicted molar refractivity (Wildman–Crippen MR) is 190 cm³/mol. The SMILES string of the molecule is CN1CC(=O)N[C@H](Cc2ccccc2)COc2ccccc2C(=O)N[C@H](C(=O)NCCN2CCOCC2)CC(=O)N[C@@H](Cc2ccccc2)C1=O. The van der Waals surface area contributed by atoms with Crippen molar-refractivity contribution >= 4 is 29.5 Å². The molecule has 3 atom stereocenters. The van der Waals surface area contributed by atoms with E-state index in [4.69, 9.17) is 9.47 Å². The van der Waals surface area contributed by atoms with Gasteiger partial charge in [-0.15, -0.1) is 0 Å². The summed E-state index contributed by atoms with van der Waals surface area (Å²) in [6, 6.07) is 22.5. The molecule has 0 aromatic heterocycles. The molecule has 2 heterocycles. The second-order valence-electron chi connectivity index (χ2n) is 12.7. The van der Waals surface area contributed by atoms with Crippen LogP contribution in [0.5, 0.6) is 5.75 Å². The molecule has 2 aliphatic heterocycles. The van der Waals surface area contributed by atoms with Gasteiger partial charge >= 0.3 is 0 Å². The van der Waals surface area contributed by atoms with Crippen molar-refractivity contribution in [3.8, 4) is 5.75 Å². The molecule has 5 amide bonds.